The summed E-state index contributed by atoms with van der Waals surface area (Å²) in [4.78, 5) is 1.35. The summed E-state index contributed by atoms with van der Waals surface area (Å²) in [6.45, 7) is 8.22. The van der Waals surface area contributed by atoms with Crippen molar-refractivity contribution in [2.24, 2.45) is 17.3 Å². The highest BCUT2D eigenvalue weighted by atomic mass is 32.1. The van der Waals surface area contributed by atoms with E-state index in [2.05, 4.69) is 43.6 Å². The molecule has 0 radical (unpaired) electrons. The van der Waals surface area contributed by atoms with Gasteiger partial charge >= 0.3 is 0 Å². The SMILES string of the molecule is CC(C)(C)C1CCC(C(CO)NCc2cccs2)CC1. The maximum absolute atomic E-state index is 9.67. The van der Waals surface area contributed by atoms with Crippen LogP contribution in [0.5, 0.6) is 0 Å². The van der Waals surface area contributed by atoms with Crippen molar-refractivity contribution >= 4 is 11.3 Å². The summed E-state index contributed by atoms with van der Waals surface area (Å²) >= 11 is 1.78. The minimum Gasteiger partial charge on any atom is -0.395 e. The fraction of sp³-hybridized carbons (Fsp3) is 0.765. The van der Waals surface area contributed by atoms with Gasteiger partial charge in [0.25, 0.3) is 0 Å². The van der Waals surface area contributed by atoms with Crippen LogP contribution >= 0.6 is 11.3 Å². The van der Waals surface area contributed by atoms with Crippen molar-refractivity contribution in [2.75, 3.05) is 6.61 Å². The highest BCUT2D eigenvalue weighted by Gasteiger charge is 2.32. The molecule has 1 atom stereocenters. The molecule has 114 valence electrons. The van der Waals surface area contributed by atoms with Crippen molar-refractivity contribution in [1.29, 1.82) is 0 Å². The summed E-state index contributed by atoms with van der Waals surface area (Å²) in [6, 6.07) is 4.50. The van der Waals surface area contributed by atoms with E-state index in [0.29, 0.717) is 11.3 Å². The molecule has 1 fully saturated rings. The van der Waals surface area contributed by atoms with Crippen LogP contribution in [0.25, 0.3) is 0 Å². The van der Waals surface area contributed by atoms with E-state index < -0.39 is 0 Å². The Balaban J connectivity index is 1.81. The molecule has 1 aliphatic carbocycles. The number of aliphatic hydroxyl groups is 1. The van der Waals surface area contributed by atoms with E-state index in [1.165, 1.54) is 30.6 Å². The first-order chi connectivity index (χ1) is 9.50. The van der Waals surface area contributed by atoms with Gasteiger partial charge < -0.3 is 10.4 Å². The van der Waals surface area contributed by atoms with Gasteiger partial charge in [0.15, 0.2) is 0 Å². The van der Waals surface area contributed by atoms with E-state index in [1.54, 1.807) is 11.3 Å². The molecular weight excluding hydrogens is 266 g/mol. The lowest BCUT2D eigenvalue weighted by Crippen LogP contribution is -2.41. The van der Waals surface area contributed by atoms with Crippen molar-refractivity contribution in [3.05, 3.63) is 22.4 Å². The third-order valence-corrected chi connectivity index (χ3v) is 5.76. The zero-order valence-electron chi connectivity index (χ0n) is 13.1. The van der Waals surface area contributed by atoms with Crippen LogP contribution in [0.1, 0.15) is 51.3 Å². The summed E-state index contributed by atoms with van der Waals surface area (Å²) in [6.07, 6.45) is 5.13. The summed E-state index contributed by atoms with van der Waals surface area (Å²) in [7, 11) is 0. The molecule has 2 N–H and O–H groups in total. The minimum absolute atomic E-state index is 0.260. The third kappa shape index (κ3) is 4.31. The standard InChI is InChI=1S/C17H29NOS/c1-17(2,3)14-8-6-13(7-9-14)16(12-19)18-11-15-5-4-10-20-15/h4-5,10,13-14,16,18-19H,6-9,11-12H2,1-3H3. The van der Waals surface area contributed by atoms with Gasteiger partial charge in [-0.2, -0.15) is 0 Å². The number of aliphatic hydroxyl groups excluding tert-OH is 1. The van der Waals surface area contributed by atoms with E-state index >= 15 is 0 Å². The van der Waals surface area contributed by atoms with Gasteiger partial charge in [0.2, 0.25) is 0 Å². The maximum Gasteiger partial charge on any atom is 0.0587 e. The van der Waals surface area contributed by atoms with Gasteiger partial charge in [-0.05, 0) is 54.4 Å². The van der Waals surface area contributed by atoms with Crippen molar-refractivity contribution in [2.45, 2.75) is 59.0 Å². The first-order valence-corrected chi connectivity index (χ1v) is 8.75. The van der Waals surface area contributed by atoms with E-state index in [-0.39, 0.29) is 12.6 Å². The van der Waals surface area contributed by atoms with E-state index in [0.717, 1.165) is 12.5 Å². The quantitative estimate of drug-likeness (QED) is 0.859. The predicted octanol–water partition coefficient (Wildman–Crippen LogP) is 4.05. The highest BCUT2D eigenvalue weighted by molar-refractivity contribution is 7.09. The molecule has 0 saturated heterocycles. The second-order valence-electron chi connectivity index (χ2n) is 7.23. The van der Waals surface area contributed by atoms with Gasteiger partial charge in [0.1, 0.15) is 0 Å². The van der Waals surface area contributed by atoms with E-state index in [9.17, 15) is 5.11 Å². The molecule has 1 saturated carbocycles. The fourth-order valence-corrected chi connectivity index (χ4v) is 4.07. The molecule has 0 spiro atoms. The zero-order valence-corrected chi connectivity index (χ0v) is 13.9. The molecule has 1 heterocycles. The molecule has 1 aromatic rings. The van der Waals surface area contributed by atoms with E-state index in [1.807, 2.05) is 0 Å². The molecule has 2 nitrogen and oxygen atoms in total. The Morgan fingerprint density at radius 2 is 2.00 bits per heavy atom. The largest absolute Gasteiger partial charge is 0.395 e. The molecular formula is C17H29NOS. The molecule has 0 amide bonds. The van der Waals surface area contributed by atoms with Crippen LogP contribution in [0.4, 0.5) is 0 Å². The highest BCUT2D eigenvalue weighted by Crippen LogP contribution is 2.40. The molecule has 1 aromatic heterocycles. The number of hydrogen-bond donors (Lipinski definition) is 2. The third-order valence-electron chi connectivity index (χ3n) is 4.88. The second kappa shape index (κ2) is 7.06. The van der Waals surface area contributed by atoms with Crippen molar-refractivity contribution in [3.63, 3.8) is 0 Å². The van der Waals surface area contributed by atoms with Crippen LogP contribution in [0, 0.1) is 17.3 Å². The average molecular weight is 295 g/mol. The first kappa shape index (κ1) is 16.0. The average Bonchev–Trinajstić information content (AvgIpc) is 2.92. The smallest absolute Gasteiger partial charge is 0.0587 e. The van der Waals surface area contributed by atoms with Crippen LogP contribution < -0.4 is 5.32 Å². The maximum atomic E-state index is 9.67. The molecule has 1 unspecified atom stereocenters. The van der Waals surface area contributed by atoms with Crippen LogP contribution in [0.2, 0.25) is 0 Å². The normalized spacial score (nSPS) is 25.6. The lowest BCUT2D eigenvalue weighted by molar-refractivity contribution is 0.110. The van der Waals surface area contributed by atoms with Gasteiger partial charge in [0, 0.05) is 17.5 Å². The first-order valence-electron chi connectivity index (χ1n) is 7.87. The molecule has 0 aromatic carbocycles. The Kier molecular flexibility index (Phi) is 5.65. The van der Waals surface area contributed by atoms with Crippen LogP contribution in [-0.4, -0.2) is 17.8 Å². The Morgan fingerprint density at radius 1 is 1.30 bits per heavy atom. The van der Waals surface area contributed by atoms with Gasteiger partial charge in [0.05, 0.1) is 6.61 Å². The lowest BCUT2D eigenvalue weighted by Gasteiger charge is -2.39. The Labute approximate surface area is 127 Å². The predicted molar refractivity (Wildman–Crippen MR) is 86.9 cm³/mol. The molecule has 0 bridgehead atoms. The van der Waals surface area contributed by atoms with Gasteiger partial charge in [-0.3, -0.25) is 0 Å². The zero-order chi connectivity index (χ0) is 14.6. The van der Waals surface area contributed by atoms with Crippen LogP contribution in [0.3, 0.4) is 0 Å². The topological polar surface area (TPSA) is 32.3 Å². The number of hydrogen-bond acceptors (Lipinski definition) is 3. The van der Waals surface area contributed by atoms with Gasteiger partial charge in [-0.15, -0.1) is 11.3 Å². The molecule has 3 heteroatoms. The monoisotopic (exact) mass is 295 g/mol. The van der Waals surface area contributed by atoms with Crippen LogP contribution in [0.15, 0.2) is 17.5 Å². The van der Waals surface area contributed by atoms with Crippen molar-refractivity contribution in [3.8, 4) is 0 Å². The summed E-state index contributed by atoms with van der Waals surface area (Å²) in [5.74, 6) is 1.48. The van der Waals surface area contributed by atoms with E-state index in [4.69, 9.17) is 0 Å². The Morgan fingerprint density at radius 3 is 2.50 bits per heavy atom. The summed E-state index contributed by atoms with van der Waals surface area (Å²) in [5.41, 5.74) is 0.435. The summed E-state index contributed by atoms with van der Waals surface area (Å²) < 4.78 is 0. The number of rotatable bonds is 5. The summed E-state index contributed by atoms with van der Waals surface area (Å²) in [5, 5.41) is 15.3. The molecule has 1 aliphatic rings. The minimum atomic E-state index is 0.260. The molecule has 0 aliphatic heterocycles. The van der Waals surface area contributed by atoms with Gasteiger partial charge in [-0.25, -0.2) is 0 Å². The lowest BCUT2D eigenvalue weighted by atomic mass is 9.68. The van der Waals surface area contributed by atoms with Crippen molar-refractivity contribution < 1.29 is 5.11 Å². The number of thiophene rings is 1. The Hall–Kier alpha value is -0.380. The fourth-order valence-electron chi connectivity index (χ4n) is 3.41. The number of nitrogens with one attached hydrogen (secondary N) is 1. The molecule has 2 rings (SSSR count). The van der Waals surface area contributed by atoms with Crippen molar-refractivity contribution in [1.82, 2.24) is 5.32 Å². The Bertz CT molecular complexity index is 374. The second-order valence-corrected chi connectivity index (χ2v) is 8.26. The van der Waals surface area contributed by atoms with Gasteiger partial charge in [-0.1, -0.05) is 26.8 Å². The van der Waals surface area contributed by atoms with Crippen LogP contribution in [-0.2, 0) is 6.54 Å². The molecule has 20 heavy (non-hydrogen) atoms.